The molecule has 0 radical (unpaired) electrons. The van der Waals surface area contributed by atoms with Gasteiger partial charge in [0.15, 0.2) is 5.78 Å². The van der Waals surface area contributed by atoms with Crippen LogP contribution in [-0.4, -0.2) is 28.4 Å². The zero-order chi connectivity index (χ0) is 24.2. The van der Waals surface area contributed by atoms with Gasteiger partial charge in [-0.25, -0.2) is 0 Å². The number of ether oxygens (including phenoxy) is 1. The molecule has 1 amide bonds. The summed E-state index contributed by atoms with van der Waals surface area (Å²) in [5, 5.41) is 3.18. The SMILES string of the molecule is COc1ccc2c(c1)c(=O)c(C(=O)c1ccncc1)cn2CC(=O)Nc1ccc(C(C)C)cc1. The van der Waals surface area contributed by atoms with Gasteiger partial charge in [0.25, 0.3) is 0 Å². The van der Waals surface area contributed by atoms with Crippen LogP contribution in [0.5, 0.6) is 5.75 Å². The lowest BCUT2D eigenvalue weighted by molar-refractivity contribution is -0.116. The lowest BCUT2D eigenvalue weighted by Gasteiger charge is -2.14. The maximum absolute atomic E-state index is 13.2. The van der Waals surface area contributed by atoms with Crippen LogP contribution in [0.15, 0.2) is 78.0 Å². The minimum Gasteiger partial charge on any atom is -0.497 e. The third-order valence-electron chi connectivity index (χ3n) is 5.65. The fraction of sp³-hybridized carbons (Fsp3) is 0.185. The first-order valence-corrected chi connectivity index (χ1v) is 10.9. The molecule has 2 aromatic carbocycles. The van der Waals surface area contributed by atoms with Crippen LogP contribution < -0.4 is 15.5 Å². The maximum Gasteiger partial charge on any atom is 0.244 e. The number of hydrogen-bond donors (Lipinski definition) is 1. The van der Waals surface area contributed by atoms with Gasteiger partial charge in [-0.05, 0) is 53.9 Å². The summed E-state index contributed by atoms with van der Waals surface area (Å²) in [4.78, 5) is 43.1. The summed E-state index contributed by atoms with van der Waals surface area (Å²) in [6.07, 6.45) is 4.43. The Kier molecular flexibility index (Phi) is 6.54. The summed E-state index contributed by atoms with van der Waals surface area (Å²) in [6, 6.07) is 15.8. The largest absolute Gasteiger partial charge is 0.497 e. The van der Waals surface area contributed by atoms with Gasteiger partial charge in [0.05, 0.1) is 23.6 Å². The highest BCUT2D eigenvalue weighted by atomic mass is 16.5. The Bertz CT molecular complexity index is 1410. The quantitative estimate of drug-likeness (QED) is 0.417. The molecule has 2 heterocycles. The second kappa shape index (κ2) is 9.70. The lowest BCUT2D eigenvalue weighted by Crippen LogP contribution is -2.24. The van der Waals surface area contributed by atoms with Crippen molar-refractivity contribution in [3.05, 3.63) is 100 Å². The van der Waals surface area contributed by atoms with Gasteiger partial charge >= 0.3 is 0 Å². The Morgan fingerprint density at radius 3 is 2.38 bits per heavy atom. The Morgan fingerprint density at radius 1 is 1.03 bits per heavy atom. The average molecular weight is 456 g/mol. The number of carbonyl (C=O) groups excluding carboxylic acids is 2. The second-order valence-electron chi connectivity index (χ2n) is 8.27. The molecule has 34 heavy (non-hydrogen) atoms. The molecule has 2 aromatic heterocycles. The molecule has 1 N–H and O–H groups in total. The molecule has 0 saturated heterocycles. The third-order valence-corrected chi connectivity index (χ3v) is 5.65. The Morgan fingerprint density at radius 2 is 1.74 bits per heavy atom. The van der Waals surface area contributed by atoms with E-state index in [1.807, 2.05) is 24.3 Å². The van der Waals surface area contributed by atoms with E-state index in [0.717, 1.165) is 0 Å². The van der Waals surface area contributed by atoms with Gasteiger partial charge in [0, 0.05) is 29.8 Å². The van der Waals surface area contributed by atoms with E-state index in [-0.39, 0.29) is 18.0 Å². The molecule has 4 rings (SSSR count). The minimum atomic E-state index is -0.435. The molecular weight excluding hydrogens is 430 g/mol. The molecule has 0 spiro atoms. The Labute approximate surface area is 197 Å². The van der Waals surface area contributed by atoms with Crippen molar-refractivity contribution >= 4 is 28.3 Å². The number of pyridine rings is 2. The number of nitrogens with zero attached hydrogens (tertiary/aromatic N) is 2. The summed E-state index contributed by atoms with van der Waals surface area (Å²) in [5.74, 6) is 0.168. The molecule has 0 aliphatic heterocycles. The first-order chi connectivity index (χ1) is 16.4. The number of carbonyl (C=O) groups is 2. The van der Waals surface area contributed by atoms with Crippen LogP contribution in [0, 0.1) is 0 Å². The van der Waals surface area contributed by atoms with Crippen molar-refractivity contribution in [3.8, 4) is 5.75 Å². The van der Waals surface area contributed by atoms with E-state index in [9.17, 15) is 14.4 Å². The highest BCUT2D eigenvalue weighted by Crippen LogP contribution is 2.21. The second-order valence-corrected chi connectivity index (χ2v) is 8.27. The standard InChI is InChI=1S/C27H25N3O4/c1-17(2)18-4-6-20(7-5-18)29-25(31)16-30-15-23(26(32)19-10-12-28-13-11-19)27(33)22-14-21(34-3)8-9-24(22)30/h4-15,17H,16H2,1-3H3,(H,29,31). The normalized spacial score (nSPS) is 10.9. The van der Waals surface area contributed by atoms with E-state index >= 15 is 0 Å². The number of hydrogen-bond acceptors (Lipinski definition) is 5. The fourth-order valence-electron chi connectivity index (χ4n) is 3.76. The summed E-state index contributed by atoms with van der Waals surface area (Å²) >= 11 is 0. The summed E-state index contributed by atoms with van der Waals surface area (Å²) < 4.78 is 6.88. The number of fused-ring (bicyclic) bond motifs is 1. The van der Waals surface area contributed by atoms with Crippen molar-refractivity contribution in [3.63, 3.8) is 0 Å². The van der Waals surface area contributed by atoms with Crippen molar-refractivity contribution in [1.29, 1.82) is 0 Å². The zero-order valence-electron chi connectivity index (χ0n) is 19.2. The Hall–Kier alpha value is -4.26. The van der Waals surface area contributed by atoms with Gasteiger partial charge < -0.3 is 14.6 Å². The predicted molar refractivity (Wildman–Crippen MR) is 132 cm³/mol. The van der Waals surface area contributed by atoms with Crippen LogP contribution in [0.2, 0.25) is 0 Å². The molecule has 7 heteroatoms. The maximum atomic E-state index is 13.2. The zero-order valence-corrected chi connectivity index (χ0v) is 19.2. The lowest BCUT2D eigenvalue weighted by atomic mass is 10.0. The van der Waals surface area contributed by atoms with Crippen LogP contribution in [-0.2, 0) is 11.3 Å². The van der Waals surface area contributed by atoms with Crippen molar-refractivity contribution in [2.24, 2.45) is 0 Å². The summed E-state index contributed by atoms with van der Waals surface area (Å²) in [5.41, 5.74) is 2.28. The number of methoxy groups -OCH3 is 1. The molecule has 0 bridgehead atoms. The van der Waals surface area contributed by atoms with Crippen LogP contribution in [0.1, 0.15) is 41.3 Å². The van der Waals surface area contributed by atoms with Gasteiger partial charge in [-0.15, -0.1) is 0 Å². The number of anilines is 1. The number of aromatic nitrogens is 2. The van der Waals surface area contributed by atoms with E-state index in [1.165, 1.54) is 31.3 Å². The molecule has 0 unspecified atom stereocenters. The van der Waals surface area contributed by atoms with Gasteiger partial charge in [-0.1, -0.05) is 26.0 Å². The molecule has 0 aliphatic carbocycles. The van der Waals surface area contributed by atoms with Gasteiger partial charge in [0.2, 0.25) is 11.3 Å². The first-order valence-electron chi connectivity index (χ1n) is 10.9. The molecule has 0 aliphatic rings. The summed E-state index contributed by atoms with van der Waals surface area (Å²) in [6.45, 7) is 4.13. The molecule has 0 atom stereocenters. The van der Waals surface area contributed by atoms with Gasteiger partial charge in [-0.2, -0.15) is 0 Å². The monoisotopic (exact) mass is 455 g/mol. The number of benzene rings is 2. The highest BCUT2D eigenvalue weighted by Gasteiger charge is 2.19. The summed E-state index contributed by atoms with van der Waals surface area (Å²) in [7, 11) is 1.50. The van der Waals surface area contributed by atoms with E-state index in [0.29, 0.717) is 33.8 Å². The van der Waals surface area contributed by atoms with Crippen molar-refractivity contribution < 1.29 is 14.3 Å². The van der Waals surface area contributed by atoms with Gasteiger partial charge in [0.1, 0.15) is 12.3 Å². The van der Waals surface area contributed by atoms with Crippen LogP contribution in [0.4, 0.5) is 5.69 Å². The van der Waals surface area contributed by atoms with E-state index in [1.54, 1.807) is 34.9 Å². The number of ketones is 1. The predicted octanol–water partition coefficient (Wildman–Crippen LogP) is 4.40. The molecule has 7 nitrogen and oxygen atoms in total. The molecule has 0 saturated carbocycles. The average Bonchev–Trinajstić information content (AvgIpc) is 2.85. The molecule has 0 fully saturated rings. The Balaban J connectivity index is 1.72. The molecule has 4 aromatic rings. The van der Waals surface area contributed by atoms with Gasteiger partial charge in [-0.3, -0.25) is 19.4 Å². The van der Waals surface area contributed by atoms with Crippen LogP contribution in [0.25, 0.3) is 10.9 Å². The number of rotatable bonds is 7. The smallest absolute Gasteiger partial charge is 0.244 e. The molecular formula is C27H25N3O4. The topological polar surface area (TPSA) is 90.3 Å². The van der Waals surface area contributed by atoms with Crippen LogP contribution >= 0.6 is 0 Å². The van der Waals surface area contributed by atoms with Crippen molar-refractivity contribution in [1.82, 2.24) is 9.55 Å². The fourth-order valence-corrected chi connectivity index (χ4v) is 3.76. The number of amides is 1. The molecule has 172 valence electrons. The van der Waals surface area contributed by atoms with Crippen molar-refractivity contribution in [2.45, 2.75) is 26.3 Å². The van der Waals surface area contributed by atoms with Crippen molar-refractivity contribution in [2.75, 3.05) is 12.4 Å². The van der Waals surface area contributed by atoms with E-state index in [4.69, 9.17) is 4.74 Å². The minimum absolute atomic E-state index is 0.0268. The highest BCUT2D eigenvalue weighted by molar-refractivity contribution is 6.10. The number of nitrogens with one attached hydrogen (secondary N) is 1. The van der Waals surface area contributed by atoms with Crippen LogP contribution in [0.3, 0.4) is 0 Å². The first kappa shape index (κ1) is 22.9. The van der Waals surface area contributed by atoms with E-state index in [2.05, 4.69) is 24.1 Å². The van der Waals surface area contributed by atoms with E-state index < -0.39 is 11.2 Å². The third kappa shape index (κ3) is 4.73.